The molecule has 1 rings (SSSR count). The van der Waals surface area contributed by atoms with Gasteiger partial charge in [0.05, 0.1) is 19.1 Å². The third-order valence-corrected chi connectivity index (χ3v) is 2.16. The fourth-order valence-corrected chi connectivity index (χ4v) is 1.27. The predicted octanol–water partition coefficient (Wildman–Crippen LogP) is 2.48. The number of rotatable bonds is 4. The summed E-state index contributed by atoms with van der Waals surface area (Å²) >= 11 is 0. The number of methoxy groups -OCH3 is 2. The number of hydrogen-bond acceptors (Lipinski definition) is 4. The Bertz CT molecular complexity index is 471. The molecule has 0 aliphatic rings. The molecular formula is C11H12FNO4. The zero-order chi connectivity index (χ0) is 13.0. The summed E-state index contributed by atoms with van der Waals surface area (Å²) in [4.78, 5) is 9.94. The van der Waals surface area contributed by atoms with Crippen molar-refractivity contribution in [3.05, 3.63) is 39.3 Å². The molecular weight excluding hydrogens is 229 g/mol. The van der Waals surface area contributed by atoms with Crippen LogP contribution >= 0.6 is 0 Å². The molecule has 1 aromatic rings. The highest BCUT2D eigenvalue weighted by atomic mass is 19.1. The zero-order valence-electron chi connectivity index (χ0n) is 9.69. The van der Waals surface area contributed by atoms with Gasteiger partial charge in [-0.05, 0) is 6.07 Å². The molecule has 0 fully saturated rings. The second-order valence-corrected chi connectivity index (χ2v) is 3.27. The SMILES string of the molecule is COc1cc(OC)c(/C=C(\C)[N+](=O)[O-])cc1F. The van der Waals surface area contributed by atoms with Crippen LogP contribution in [0.5, 0.6) is 11.5 Å². The smallest absolute Gasteiger partial charge is 0.243 e. The minimum atomic E-state index is -0.601. The lowest BCUT2D eigenvalue weighted by Crippen LogP contribution is -1.96. The van der Waals surface area contributed by atoms with Crippen LogP contribution in [-0.2, 0) is 0 Å². The van der Waals surface area contributed by atoms with E-state index in [0.717, 1.165) is 6.07 Å². The van der Waals surface area contributed by atoms with Gasteiger partial charge in [0.15, 0.2) is 11.6 Å². The van der Waals surface area contributed by atoms with Crippen molar-refractivity contribution < 1.29 is 18.8 Å². The van der Waals surface area contributed by atoms with Crippen molar-refractivity contribution >= 4 is 6.08 Å². The Labute approximate surface area is 97.6 Å². The Morgan fingerprint density at radius 2 is 1.94 bits per heavy atom. The van der Waals surface area contributed by atoms with Crippen LogP contribution in [0.1, 0.15) is 12.5 Å². The fraction of sp³-hybridized carbons (Fsp3) is 0.273. The minimum absolute atomic E-state index is 0.0257. The normalized spacial score (nSPS) is 11.2. The first-order valence-electron chi connectivity index (χ1n) is 4.73. The number of nitrogens with zero attached hydrogens (tertiary/aromatic N) is 1. The summed E-state index contributed by atoms with van der Waals surface area (Å²) in [5.41, 5.74) is 0.188. The zero-order valence-corrected chi connectivity index (χ0v) is 9.69. The fourth-order valence-electron chi connectivity index (χ4n) is 1.27. The van der Waals surface area contributed by atoms with Crippen LogP contribution < -0.4 is 9.47 Å². The molecule has 0 heterocycles. The first kappa shape index (κ1) is 13.0. The lowest BCUT2D eigenvalue weighted by molar-refractivity contribution is -0.422. The first-order valence-corrected chi connectivity index (χ1v) is 4.73. The second kappa shape index (κ2) is 5.29. The summed E-state index contributed by atoms with van der Waals surface area (Å²) in [6.45, 7) is 1.32. The highest BCUT2D eigenvalue weighted by molar-refractivity contribution is 5.60. The van der Waals surface area contributed by atoms with Crippen LogP contribution in [0.4, 0.5) is 4.39 Å². The van der Waals surface area contributed by atoms with Gasteiger partial charge in [-0.3, -0.25) is 10.1 Å². The van der Waals surface area contributed by atoms with Gasteiger partial charge in [-0.1, -0.05) is 0 Å². The van der Waals surface area contributed by atoms with E-state index in [9.17, 15) is 14.5 Å². The maximum Gasteiger partial charge on any atom is 0.243 e. The third-order valence-electron chi connectivity index (χ3n) is 2.16. The van der Waals surface area contributed by atoms with E-state index in [0.29, 0.717) is 11.3 Å². The van der Waals surface area contributed by atoms with Gasteiger partial charge < -0.3 is 9.47 Å². The molecule has 0 aliphatic heterocycles. The average Bonchev–Trinajstić information content (AvgIpc) is 2.29. The molecule has 0 atom stereocenters. The van der Waals surface area contributed by atoms with Crippen molar-refractivity contribution in [3.8, 4) is 11.5 Å². The largest absolute Gasteiger partial charge is 0.496 e. The Hall–Kier alpha value is -2.11. The number of ether oxygens (including phenoxy) is 2. The van der Waals surface area contributed by atoms with E-state index >= 15 is 0 Å². The highest BCUT2D eigenvalue weighted by Crippen LogP contribution is 2.29. The molecule has 92 valence electrons. The monoisotopic (exact) mass is 241 g/mol. The summed E-state index contributed by atoms with van der Waals surface area (Å²) in [7, 11) is 2.72. The predicted molar refractivity (Wildman–Crippen MR) is 60.1 cm³/mol. The van der Waals surface area contributed by atoms with Crippen molar-refractivity contribution in [2.45, 2.75) is 6.92 Å². The van der Waals surface area contributed by atoms with E-state index in [4.69, 9.17) is 9.47 Å². The quantitative estimate of drug-likeness (QED) is 0.600. The molecule has 0 aromatic heterocycles. The van der Waals surface area contributed by atoms with Crippen molar-refractivity contribution in [2.75, 3.05) is 14.2 Å². The Balaban J connectivity index is 3.29. The van der Waals surface area contributed by atoms with E-state index in [-0.39, 0.29) is 11.4 Å². The molecule has 17 heavy (non-hydrogen) atoms. The standard InChI is InChI=1S/C11H12FNO4/c1-7(13(14)15)4-8-5-9(12)11(17-3)6-10(8)16-2/h4-6H,1-3H3/b7-4+. The topological polar surface area (TPSA) is 61.6 Å². The van der Waals surface area contributed by atoms with E-state index in [2.05, 4.69) is 0 Å². The van der Waals surface area contributed by atoms with Crippen molar-refractivity contribution in [3.63, 3.8) is 0 Å². The molecule has 6 heteroatoms. The summed E-state index contributed by atoms with van der Waals surface area (Å²) in [6.07, 6.45) is 1.24. The van der Waals surface area contributed by atoms with Gasteiger partial charge in [0.1, 0.15) is 5.75 Å². The van der Waals surface area contributed by atoms with E-state index in [1.165, 1.54) is 33.3 Å². The summed E-state index contributed by atoms with van der Waals surface area (Å²) in [6, 6.07) is 2.47. The molecule has 0 aliphatic carbocycles. The Kier molecular flexibility index (Phi) is 4.03. The number of hydrogen-bond donors (Lipinski definition) is 0. The minimum Gasteiger partial charge on any atom is -0.496 e. The molecule has 0 saturated heterocycles. The van der Waals surface area contributed by atoms with Crippen LogP contribution in [0.3, 0.4) is 0 Å². The molecule has 0 unspecified atom stereocenters. The number of benzene rings is 1. The lowest BCUT2D eigenvalue weighted by Gasteiger charge is -2.08. The first-order chi connectivity index (χ1) is 7.99. The number of nitro groups is 1. The van der Waals surface area contributed by atoms with Gasteiger partial charge >= 0.3 is 0 Å². The molecule has 0 amide bonds. The van der Waals surface area contributed by atoms with Crippen molar-refractivity contribution in [1.82, 2.24) is 0 Å². The lowest BCUT2D eigenvalue weighted by atomic mass is 10.1. The number of allylic oxidation sites excluding steroid dienone is 1. The van der Waals surface area contributed by atoms with Gasteiger partial charge in [0.2, 0.25) is 5.70 Å². The van der Waals surface area contributed by atoms with Gasteiger partial charge in [-0.25, -0.2) is 4.39 Å². The van der Waals surface area contributed by atoms with Crippen LogP contribution in [0, 0.1) is 15.9 Å². The average molecular weight is 241 g/mol. The van der Waals surface area contributed by atoms with Gasteiger partial charge in [0, 0.05) is 24.6 Å². The maximum absolute atomic E-state index is 13.4. The van der Waals surface area contributed by atoms with Crippen molar-refractivity contribution in [1.29, 1.82) is 0 Å². The molecule has 0 radical (unpaired) electrons. The van der Waals surface area contributed by atoms with Gasteiger partial charge in [-0.15, -0.1) is 0 Å². The second-order valence-electron chi connectivity index (χ2n) is 3.27. The molecule has 0 spiro atoms. The van der Waals surface area contributed by atoms with Crippen LogP contribution in [0.2, 0.25) is 0 Å². The van der Waals surface area contributed by atoms with E-state index in [1.807, 2.05) is 0 Å². The number of halogens is 1. The molecule has 0 saturated carbocycles. The molecule has 0 bridgehead atoms. The Morgan fingerprint density at radius 1 is 1.35 bits per heavy atom. The Morgan fingerprint density at radius 3 is 2.41 bits per heavy atom. The molecule has 0 N–H and O–H groups in total. The molecule has 5 nitrogen and oxygen atoms in total. The highest BCUT2D eigenvalue weighted by Gasteiger charge is 2.12. The summed E-state index contributed by atoms with van der Waals surface area (Å²) in [5, 5.41) is 10.5. The maximum atomic E-state index is 13.4. The van der Waals surface area contributed by atoms with E-state index in [1.54, 1.807) is 0 Å². The molecule has 1 aromatic carbocycles. The van der Waals surface area contributed by atoms with Crippen LogP contribution in [0.25, 0.3) is 6.08 Å². The van der Waals surface area contributed by atoms with Gasteiger partial charge in [-0.2, -0.15) is 0 Å². The summed E-state index contributed by atoms with van der Waals surface area (Å²) in [5.74, 6) is -0.266. The van der Waals surface area contributed by atoms with Gasteiger partial charge in [0.25, 0.3) is 0 Å². The van der Waals surface area contributed by atoms with Crippen LogP contribution in [0.15, 0.2) is 17.8 Å². The summed E-state index contributed by atoms with van der Waals surface area (Å²) < 4.78 is 23.2. The van der Waals surface area contributed by atoms with E-state index < -0.39 is 10.7 Å². The van der Waals surface area contributed by atoms with Crippen molar-refractivity contribution in [2.24, 2.45) is 0 Å². The third kappa shape index (κ3) is 2.93. The van der Waals surface area contributed by atoms with Crippen LogP contribution in [-0.4, -0.2) is 19.1 Å².